The Morgan fingerprint density at radius 1 is 1.09 bits per heavy atom. The predicted octanol–water partition coefficient (Wildman–Crippen LogP) is 4.13. The third-order valence-electron chi connectivity index (χ3n) is 3.76. The van der Waals surface area contributed by atoms with Gasteiger partial charge >= 0.3 is 5.97 Å². The van der Waals surface area contributed by atoms with Crippen LogP contribution in [0.15, 0.2) is 42.5 Å². The van der Waals surface area contributed by atoms with E-state index in [0.717, 1.165) is 35.6 Å². The second-order valence-corrected chi connectivity index (χ2v) is 5.18. The molecule has 0 bridgehead atoms. The Kier molecular flexibility index (Phi) is 3.75. The number of carbonyl (C=O) groups is 1. The maximum atomic E-state index is 13.5. The van der Waals surface area contributed by atoms with Gasteiger partial charge in [0.1, 0.15) is 11.6 Å². The van der Waals surface area contributed by atoms with E-state index >= 15 is 0 Å². The first-order valence-electron chi connectivity index (χ1n) is 6.97. The summed E-state index contributed by atoms with van der Waals surface area (Å²) in [6.07, 6.45) is 3.56. The van der Waals surface area contributed by atoms with Crippen LogP contribution in [0.4, 0.5) is 8.78 Å². The number of hydrogen-bond donors (Lipinski definition) is 0. The molecule has 22 heavy (non-hydrogen) atoms. The molecule has 0 atom stereocenters. The first-order chi connectivity index (χ1) is 10.6. The molecule has 2 aromatic carbocycles. The Morgan fingerprint density at radius 3 is 2.50 bits per heavy atom. The average molecular weight is 300 g/mol. The second-order valence-electron chi connectivity index (χ2n) is 5.18. The lowest BCUT2D eigenvalue weighted by Gasteiger charge is -2.19. The average Bonchev–Trinajstić information content (AvgIpc) is 2.52. The van der Waals surface area contributed by atoms with Gasteiger partial charge in [-0.25, -0.2) is 13.6 Å². The highest BCUT2D eigenvalue weighted by Crippen LogP contribution is 2.33. The molecule has 0 heterocycles. The van der Waals surface area contributed by atoms with Crippen molar-refractivity contribution in [1.82, 2.24) is 0 Å². The van der Waals surface area contributed by atoms with Crippen molar-refractivity contribution in [1.29, 1.82) is 0 Å². The minimum atomic E-state index is -0.618. The number of benzene rings is 2. The molecule has 2 nitrogen and oxygen atoms in total. The van der Waals surface area contributed by atoms with E-state index in [2.05, 4.69) is 0 Å². The van der Waals surface area contributed by atoms with Crippen molar-refractivity contribution < 1.29 is 18.3 Å². The van der Waals surface area contributed by atoms with E-state index < -0.39 is 17.6 Å². The fourth-order valence-electron chi connectivity index (χ4n) is 2.75. The molecule has 112 valence electrons. The third-order valence-corrected chi connectivity index (χ3v) is 3.76. The normalized spacial score (nSPS) is 13.3. The largest absolute Gasteiger partial charge is 0.465 e. The molecule has 0 aromatic heterocycles. The number of methoxy groups -OCH3 is 1. The summed E-state index contributed by atoms with van der Waals surface area (Å²) >= 11 is 0. The van der Waals surface area contributed by atoms with Gasteiger partial charge in [0, 0.05) is 6.07 Å². The zero-order valence-electron chi connectivity index (χ0n) is 12.0. The van der Waals surface area contributed by atoms with Gasteiger partial charge in [-0.05, 0) is 59.4 Å². The molecule has 0 saturated heterocycles. The van der Waals surface area contributed by atoms with Crippen LogP contribution in [-0.2, 0) is 11.2 Å². The fourth-order valence-corrected chi connectivity index (χ4v) is 2.75. The number of rotatable bonds is 2. The van der Waals surface area contributed by atoms with Crippen LogP contribution >= 0.6 is 0 Å². The molecular formula is C18H14F2O2. The van der Waals surface area contributed by atoms with Crippen LogP contribution in [0, 0.1) is 11.6 Å². The second kappa shape index (κ2) is 5.72. The van der Waals surface area contributed by atoms with Crippen molar-refractivity contribution in [3.8, 4) is 0 Å². The molecule has 2 aromatic rings. The van der Waals surface area contributed by atoms with Crippen LogP contribution in [-0.4, -0.2) is 13.1 Å². The van der Waals surface area contributed by atoms with Gasteiger partial charge in [-0.15, -0.1) is 0 Å². The van der Waals surface area contributed by atoms with E-state index in [1.165, 1.54) is 19.2 Å². The van der Waals surface area contributed by atoms with Crippen LogP contribution in [0.25, 0.3) is 5.57 Å². The Morgan fingerprint density at radius 2 is 1.82 bits per heavy atom. The Balaban J connectivity index is 2.12. The Hall–Kier alpha value is -2.49. The Labute approximate surface area is 127 Å². The quantitative estimate of drug-likeness (QED) is 0.780. The van der Waals surface area contributed by atoms with Gasteiger partial charge in [-0.3, -0.25) is 0 Å². The lowest BCUT2D eigenvalue weighted by Crippen LogP contribution is -2.06. The zero-order valence-corrected chi connectivity index (χ0v) is 12.0. The SMILES string of the molecule is COC(=O)c1ccc2c(c1)C(c1cc(F)cc(F)c1)=CCC2. The molecular weight excluding hydrogens is 286 g/mol. The summed E-state index contributed by atoms with van der Waals surface area (Å²) in [4.78, 5) is 11.7. The highest BCUT2D eigenvalue weighted by molar-refractivity contribution is 5.92. The van der Waals surface area contributed by atoms with Crippen molar-refractivity contribution >= 4 is 11.5 Å². The van der Waals surface area contributed by atoms with Gasteiger partial charge in [0.05, 0.1) is 12.7 Å². The van der Waals surface area contributed by atoms with Gasteiger partial charge in [0.15, 0.2) is 0 Å². The molecule has 4 heteroatoms. The summed E-state index contributed by atoms with van der Waals surface area (Å²) in [5.41, 5.74) is 3.51. The number of hydrogen-bond acceptors (Lipinski definition) is 2. The number of halogens is 2. The summed E-state index contributed by atoms with van der Waals surface area (Å²) < 4.78 is 31.7. The van der Waals surface area contributed by atoms with Crippen molar-refractivity contribution in [2.24, 2.45) is 0 Å². The highest BCUT2D eigenvalue weighted by Gasteiger charge is 2.18. The molecule has 0 fully saturated rings. The molecule has 0 aliphatic heterocycles. The minimum Gasteiger partial charge on any atom is -0.465 e. The predicted molar refractivity (Wildman–Crippen MR) is 79.5 cm³/mol. The number of allylic oxidation sites excluding steroid dienone is 1. The van der Waals surface area contributed by atoms with Gasteiger partial charge in [0.2, 0.25) is 0 Å². The first kappa shape index (κ1) is 14.4. The molecule has 0 amide bonds. The maximum absolute atomic E-state index is 13.5. The van der Waals surface area contributed by atoms with Crippen molar-refractivity contribution in [2.45, 2.75) is 12.8 Å². The van der Waals surface area contributed by atoms with Crippen LogP contribution in [0.3, 0.4) is 0 Å². The van der Waals surface area contributed by atoms with E-state index in [1.54, 1.807) is 12.1 Å². The summed E-state index contributed by atoms with van der Waals surface area (Å²) in [5, 5.41) is 0. The van der Waals surface area contributed by atoms with Crippen molar-refractivity contribution in [3.63, 3.8) is 0 Å². The number of fused-ring (bicyclic) bond motifs is 1. The van der Waals surface area contributed by atoms with E-state index in [-0.39, 0.29) is 0 Å². The van der Waals surface area contributed by atoms with E-state index in [1.807, 2.05) is 12.1 Å². The standard InChI is InChI=1S/C18H14F2O2/c1-22-18(21)12-6-5-11-3-2-4-16(17(11)9-12)13-7-14(19)10-15(20)8-13/h4-10H,2-3H2,1H3. The Bertz CT molecular complexity index is 758. The molecule has 0 saturated carbocycles. The molecule has 1 aliphatic rings. The van der Waals surface area contributed by atoms with E-state index in [9.17, 15) is 13.6 Å². The van der Waals surface area contributed by atoms with E-state index in [4.69, 9.17) is 4.74 Å². The van der Waals surface area contributed by atoms with Crippen LogP contribution < -0.4 is 0 Å². The summed E-state index contributed by atoms with van der Waals surface area (Å²) in [5.74, 6) is -1.67. The molecule has 0 unspecified atom stereocenters. The third kappa shape index (κ3) is 2.64. The van der Waals surface area contributed by atoms with Gasteiger partial charge in [-0.2, -0.15) is 0 Å². The molecule has 0 N–H and O–H groups in total. The molecule has 1 aliphatic carbocycles. The lowest BCUT2D eigenvalue weighted by atomic mass is 9.86. The zero-order chi connectivity index (χ0) is 15.7. The number of esters is 1. The number of aryl methyl sites for hydroxylation is 1. The van der Waals surface area contributed by atoms with Gasteiger partial charge in [0.25, 0.3) is 0 Å². The van der Waals surface area contributed by atoms with Crippen LogP contribution in [0.1, 0.15) is 33.5 Å². The van der Waals surface area contributed by atoms with E-state index in [0.29, 0.717) is 11.1 Å². The van der Waals surface area contributed by atoms with Crippen molar-refractivity contribution in [3.05, 3.63) is 76.4 Å². The summed E-state index contributed by atoms with van der Waals surface area (Å²) in [6.45, 7) is 0. The van der Waals surface area contributed by atoms with Gasteiger partial charge < -0.3 is 4.74 Å². The monoisotopic (exact) mass is 300 g/mol. The molecule has 3 rings (SSSR count). The fraction of sp³-hybridized carbons (Fsp3) is 0.167. The van der Waals surface area contributed by atoms with Gasteiger partial charge in [-0.1, -0.05) is 12.1 Å². The summed E-state index contributed by atoms with van der Waals surface area (Å²) in [7, 11) is 1.32. The highest BCUT2D eigenvalue weighted by atomic mass is 19.1. The smallest absolute Gasteiger partial charge is 0.337 e. The van der Waals surface area contributed by atoms with Crippen molar-refractivity contribution in [2.75, 3.05) is 7.11 Å². The number of carbonyl (C=O) groups excluding carboxylic acids is 1. The number of ether oxygens (including phenoxy) is 1. The summed E-state index contributed by atoms with van der Waals surface area (Å²) in [6, 6.07) is 8.74. The lowest BCUT2D eigenvalue weighted by molar-refractivity contribution is 0.0600. The minimum absolute atomic E-state index is 0.422. The molecule has 0 spiro atoms. The topological polar surface area (TPSA) is 26.3 Å². The van der Waals surface area contributed by atoms with Crippen LogP contribution in [0.5, 0.6) is 0 Å². The molecule has 0 radical (unpaired) electrons. The maximum Gasteiger partial charge on any atom is 0.337 e. The van der Waals surface area contributed by atoms with Crippen LogP contribution in [0.2, 0.25) is 0 Å². The first-order valence-corrected chi connectivity index (χ1v) is 6.97.